The van der Waals surface area contributed by atoms with E-state index in [9.17, 15) is 18.9 Å². The molecule has 0 spiro atoms. The van der Waals surface area contributed by atoms with Crippen molar-refractivity contribution in [3.05, 3.63) is 39.4 Å². The third kappa shape index (κ3) is 3.45. The predicted molar refractivity (Wildman–Crippen MR) is 66.0 cm³/mol. The van der Waals surface area contributed by atoms with E-state index >= 15 is 0 Å². The van der Waals surface area contributed by atoms with Gasteiger partial charge in [0.15, 0.2) is 5.82 Å². The van der Waals surface area contributed by atoms with Gasteiger partial charge in [0.1, 0.15) is 0 Å². The Kier molecular flexibility index (Phi) is 4.39. The highest BCUT2D eigenvalue weighted by molar-refractivity contribution is 5.37. The minimum atomic E-state index is -1.39. The number of hydrogen-bond donors (Lipinski definition) is 1. The molecule has 0 saturated carbocycles. The molecule has 1 saturated heterocycles. The van der Waals surface area contributed by atoms with Gasteiger partial charge in [0.2, 0.25) is 5.82 Å². The van der Waals surface area contributed by atoms with Crippen LogP contribution in [-0.2, 0) is 6.42 Å². The lowest BCUT2D eigenvalue weighted by molar-refractivity contribution is -0.387. The Morgan fingerprint density at radius 3 is 2.63 bits per heavy atom. The van der Waals surface area contributed by atoms with Gasteiger partial charge in [0.25, 0.3) is 0 Å². The molecule has 7 heteroatoms. The van der Waals surface area contributed by atoms with Crippen LogP contribution in [0.2, 0.25) is 0 Å². The van der Waals surface area contributed by atoms with Crippen molar-refractivity contribution >= 4 is 5.69 Å². The van der Waals surface area contributed by atoms with Crippen LogP contribution in [0.15, 0.2) is 12.1 Å². The predicted octanol–water partition coefficient (Wildman–Crippen LogP) is 1.32. The van der Waals surface area contributed by atoms with Crippen LogP contribution in [-0.4, -0.2) is 42.5 Å². The Labute approximate surface area is 109 Å². The first-order valence-corrected chi connectivity index (χ1v) is 6.13. The highest BCUT2D eigenvalue weighted by Crippen LogP contribution is 2.22. The van der Waals surface area contributed by atoms with Crippen LogP contribution >= 0.6 is 0 Å². The molecule has 1 aromatic rings. The Morgan fingerprint density at radius 2 is 2.00 bits per heavy atom. The number of rotatable bonds is 4. The second-order valence-electron chi connectivity index (χ2n) is 4.51. The van der Waals surface area contributed by atoms with Gasteiger partial charge in [0, 0.05) is 38.8 Å². The largest absolute Gasteiger partial charge is 0.314 e. The SMILES string of the molecule is O=[N+]([O-])c1cc(CCN2CCNCC2)cc(F)c1F. The third-order valence-electron chi connectivity index (χ3n) is 3.19. The van der Waals surface area contributed by atoms with E-state index in [1.165, 1.54) is 0 Å². The molecule has 0 aromatic heterocycles. The molecular weight excluding hydrogens is 256 g/mol. The fraction of sp³-hybridized carbons (Fsp3) is 0.500. The zero-order chi connectivity index (χ0) is 13.8. The van der Waals surface area contributed by atoms with Gasteiger partial charge >= 0.3 is 5.69 Å². The topological polar surface area (TPSA) is 58.4 Å². The summed E-state index contributed by atoms with van der Waals surface area (Å²) in [6, 6.07) is 2.14. The fourth-order valence-electron chi connectivity index (χ4n) is 2.13. The van der Waals surface area contributed by atoms with E-state index in [1.807, 2.05) is 0 Å². The summed E-state index contributed by atoms with van der Waals surface area (Å²) in [6.07, 6.45) is 0.470. The van der Waals surface area contributed by atoms with Crippen molar-refractivity contribution < 1.29 is 13.7 Å². The molecule has 0 radical (unpaired) electrons. The smallest absolute Gasteiger partial charge is 0.308 e. The van der Waals surface area contributed by atoms with Crippen molar-refractivity contribution in [2.45, 2.75) is 6.42 Å². The first-order valence-electron chi connectivity index (χ1n) is 6.13. The molecule has 0 atom stereocenters. The summed E-state index contributed by atoms with van der Waals surface area (Å²) < 4.78 is 26.5. The van der Waals surface area contributed by atoms with Gasteiger partial charge < -0.3 is 10.2 Å². The quantitative estimate of drug-likeness (QED) is 0.663. The summed E-state index contributed by atoms with van der Waals surface area (Å²) in [6.45, 7) is 4.28. The van der Waals surface area contributed by atoms with E-state index in [0.717, 1.165) is 38.3 Å². The summed E-state index contributed by atoms with van der Waals surface area (Å²) >= 11 is 0. The third-order valence-corrected chi connectivity index (χ3v) is 3.19. The van der Waals surface area contributed by atoms with E-state index < -0.39 is 22.2 Å². The van der Waals surface area contributed by atoms with E-state index in [4.69, 9.17) is 0 Å². The van der Waals surface area contributed by atoms with Gasteiger partial charge in [-0.3, -0.25) is 10.1 Å². The van der Waals surface area contributed by atoms with Gasteiger partial charge in [-0.2, -0.15) is 4.39 Å². The summed E-state index contributed by atoms with van der Waals surface area (Å²) in [7, 11) is 0. The molecule has 1 aromatic carbocycles. The molecule has 0 amide bonds. The van der Waals surface area contributed by atoms with Crippen LogP contribution in [0.4, 0.5) is 14.5 Å². The summed E-state index contributed by atoms with van der Waals surface area (Å²) in [5.74, 6) is -2.56. The van der Waals surface area contributed by atoms with Crippen LogP contribution in [0, 0.1) is 21.7 Å². The maximum Gasteiger partial charge on any atom is 0.308 e. The summed E-state index contributed by atoms with van der Waals surface area (Å²) in [4.78, 5) is 11.9. The van der Waals surface area contributed by atoms with Gasteiger partial charge in [-0.15, -0.1) is 0 Å². The lowest BCUT2D eigenvalue weighted by atomic mass is 10.1. The number of nitrogens with zero attached hydrogens (tertiary/aromatic N) is 2. The summed E-state index contributed by atoms with van der Waals surface area (Å²) in [5.41, 5.74) is -0.348. The highest BCUT2D eigenvalue weighted by atomic mass is 19.2. The maximum absolute atomic E-state index is 13.3. The number of nitro groups is 1. The highest BCUT2D eigenvalue weighted by Gasteiger charge is 2.20. The van der Waals surface area contributed by atoms with Crippen molar-refractivity contribution in [1.29, 1.82) is 0 Å². The van der Waals surface area contributed by atoms with E-state index in [1.54, 1.807) is 0 Å². The van der Waals surface area contributed by atoms with Crippen LogP contribution in [0.25, 0.3) is 0 Å². The van der Waals surface area contributed by atoms with Crippen LogP contribution in [0.5, 0.6) is 0 Å². The molecular formula is C12H15F2N3O2. The van der Waals surface area contributed by atoms with E-state index in [2.05, 4.69) is 10.2 Å². The summed E-state index contributed by atoms with van der Waals surface area (Å²) in [5, 5.41) is 13.8. The van der Waals surface area contributed by atoms with Crippen molar-refractivity contribution in [2.75, 3.05) is 32.7 Å². The van der Waals surface area contributed by atoms with Crippen LogP contribution in [0.3, 0.4) is 0 Å². The monoisotopic (exact) mass is 271 g/mol. The molecule has 0 unspecified atom stereocenters. The lowest BCUT2D eigenvalue weighted by Gasteiger charge is -2.27. The standard InChI is InChI=1S/C12H15F2N3O2/c13-10-7-9(8-11(12(10)14)17(18)19)1-4-16-5-2-15-3-6-16/h7-8,15H,1-6H2. The average Bonchev–Trinajstić information content (AvgIpc) is 2.41. The zero-order valence-electron chi connectivity index (χ0n) is 10.4. The van der Waals surface area contributed by atoms with Crippen molar-refractivity contribution in [3.63, 3.8) is 0 Å². The molecule has 1 aliphatic rings. The van der Waals surface area contributed by atoms with Crippen LogP contribution in [0.1, 0.15) is 5.56 Å². The molecule has 1 fully saturated rings. The molecule has 19 heavy (non-hydrogen) atoms. The maximum atomic E-state index is 13.3. The number of nitrogens with one attached hydrogen (secondary N) is 1. The normalized spacial score (nSPS) is 16.5. The first-order chi connectivity index (χ1) is 9.08. The number of halogens is 2. The second kappa shape index (κ2) is 6.03. The fourth-order valence-corrected chi connectivity index (χ4v) is 2.13. The molecule has 5 nitrogen and oxygen atoms in total. The van der Waals surface area contributed by atoms with Gasteiger partial charge in [0.05, 0.1) is 4.92 Å². The van der Waals surface area contributed by atoms with Crippen LogP contribution < -0.4 is 5.32 Å². The molecule has 1 heterocycles. The number of benzene rings is 1. The van der Waals surface area contributed by atoms with E-state index in [0.29, 0.717) is 18.5 Å². The zero-order valence-corrected chi connectivity index (χ0v) is 10.4. The number of piperazine rings is 1. The Morgan fingerprint density at radius 1 is 1.32 bits per heavy atom. The lowest BCUT2D eigenvalue weighted by Crippen LogP contribution is -2.44. The van der Waals surface area contributed by atoms with Gasteiger partial charge in [-0.1, -0.05) is 0 Å². The Hall–Kier alpha value is -1.60. The molecule has 2 rings (SSSR count). The van der Waals surface area contributed by atoms with E-state index in [-0.39, 0.29) is 0 Å². The molecule has 0 bridgehead atoms. The number of hydrogen-bond acceptors (Lipinski definition) is 4. The molecule has 0 aliphatic carbocycles. The van der Waals surface area contributed by atoms with Crippen molar-refractivity contribution in [2.24, 2.45) is 0 Å². The van der Waals surface area contributed by atoms with Gasteiger partial charge in [-0.25, -0.2) is 4.39 Å². The molecule has 104 valence electrons. The second-order valence-corrected chi connectivity index (χ2v) is 4.51. The number of nitro benzene ring substituents is 1. The first kappa shape index (κ1) is 13.8. The molecule has 1 aliphatic heterocycles. The minimum absolute atomic E-state index is 0.448. The van der Waals surface area contributed by atoms with Crippen molar-refractivity contribution in [1.82, 2.24) is 10.2 Å². The Bertz CT molecular complexity index is 476. The molecule has 1 N–H and O–H groups in total. The van der Waals surface area contributed by atoms with Gasteiger partial charge in [-0.05, 0) is 18.1 Å². The van der Waals surface area contributed by atoms with Crippen molar-refractivity contribution in [3.8, 4) is 0 Å². The average molecular weight is 271 g/mol. The minimum Gasteiger partial charge on any atom is -0.314 e. The Balaban J connectivity index is 2.05.